The molecule has 2 N–H and O–H groups in total. The first-order chi connectivity index (χ1) is 14.4. The van der Waals surface area contributed by atoms with Gasteiger partial charge < -0.3 is 20.3 Å². The number of thiophene rings is 1. The van der Waals surface area contributed by atoms with E-state index in [0.717, 1.165) is 25.9 Å². The average molecular weight is 442 g/mol. The number of aliphatic imine (C=N–C) groups is 1. The third-order valence-electron chi connectivity index (χ3n) is 4.63. The van der Waals surface area contributed by atoms with Crippen molar-refractivity contribution in [1.29, 1.82) is 0 Å². The Bertz CT molecular complexity index is 805. The lowest BCUT2D eigenvalue weighted by atomic mass is 10.1. The summed E-state index contributed by atoms with van der Waals surface area (Å²) in [6.07, 6.45) is -1.04. The summed E-state index contributed by atoms with van der Waals surface area (Å²) < 4.78 is 42.2. The second kappa shape index (κ2) is 10.5. The molecule has 1 fully saturated rings. The zero-order chi connectivity index (χ0) is 21.4. The van der Waals surface area contributed by atoms with Crippen LogP contribution < -0.4 is 20.3 Å². The number of piperidine rings is 1. The van der Waals surface area contributed by atoms with Crippen LogP contribution in [0, 0.1) is 0 Å². The van der Waals surface area contributed by atoms with E-state index in [4.69, 9.17) is 4.74 Å². The van der Waals surface area contributed by atoms with E-state index in [1.165, 1.54) is 11.2 Å². The van der Waals surface area contributed by atoms with E-state index in [1.807, 2.05) is 6.92 Å². The van der Waals surface area contributed by atoms with Gasteiger partial charge in [0.05, 0.1) is 11.5 Å². The molecule has 2 aromatic rings. The maximum atomic E-state index is 12.5. The van der Waals surface area contributed by atoms with Gasteiger partial charge in [0.2, 0.25) is 5.88 Å². The Labute approximate surface area is 178 Å². The van der Waals surface area contributed by atoms with Gasteiger partial charge in [-0.05, 0) is 43.3 Å². The third-order valence-corrected chi connectivity index (χ3v) is 5.56. The molecule has 0 aromatic carbocycles. The van der Waals surface area contributed by atoms with E-state index in [9.17, 15) is 13.2 Å². The van der Waals surface area contributed by atoms with E-state index < -0.39 is 12.8 Å². The summed E-state index contributed by atoms with van der Waals surface area (Å²) in [7, 11) is 0. The number of anilines is 1. The molecule has 1 aliphatic rings. The number of halogens is 3. The molecule has 0 bridgehead atoms. The fraction of sp³-hybridized carbons (Fsp3) is 0.500. The molecule has 0 saturated carbocycles. The fourth-order valence-corrected chi connectivity index (χ4v) is 3.98. The maximum Gasteiger partial charge on any atom is 0.422 e. The zero-order valence-corrected chi connectivity index (χ0v) is 17.6. The van der Waals surface area contributed by atoms with E-state index in [2.05, 4.69) is 43.0 Å². The molecule has 3 heterocycles. The highest BCUT2D eigenvalue weighted by Gasteiger charge is 2.29. The number of hydrogen-bond acceptors (Lipinski definition) is 5. The Morgan fingerprint density at radius 1 is 1.30 bits per heavy atom. The molecule has 3 rings (SSSR count). The Hall–Kier alpha value is -2.49. The molecule has 0 radical (unpaired) electrons. The van der Waals surface area contributed by atoms with E-state index in [-0.39, 0.29) is 18.5 Å². The minimum absolute atomic E-state index is 0.0429. The SMILES string of the molecule is CCNC(=NCc1cccnc1OCC(F)(F)F)NC1CCN(c2cccs2)CC1. The summed E-state index contributed by atoms with van der Waals surface area (Å²) >= 11 is 1.75. The molecule has 0 unspecified atom stereocenters. The van der Waals surface area contributed by atoms with Crippen LogP contribution in [0.15, 0.2) is 40.8 Å². The van der Waals surface area contributed by atoms with Crippen LogP contribution in [-0.2, 0) is 6.54 Å². The van der Waals surface area contributed by atoms with Gasteiger partial charge in [0.1, 0.15) is 0 Å². The van der Waals surface area contributed by atoms with Gasteiger partial charge in [0, 0.05) is 37.4 Å². The molecule has 30 heavy (non-hydrogen) atoms. The van der Waals surface area contributed by atoms with Crippen molar-refractivity contribution in [3.63, 3.8) is 0 Å². The van der Waals surface area contributed by atoms with Crippen molar-refractivity contribution in [2.45, 2.75) is 38.5 Å². The second-order valence-electron chi connectivity index (χ2n) is 6.92. The van der Waals surface area contributed by atoms with Crippen molar-refractivity contribution >= 4 is 22.3 Å². The number of nitrogens with one attached hydrogen (secondary N) is 2. The van der Waals surface area contributed by atoms with Crippen LogP contribution >= 0.6 is 11.3 Å². The van der Waals surface area contributed by atoms with Gasteiger partial charge in [-0.3, -0.25) is 0 Å². The summed E-state index contributed by atoms with van der Waals surface area (Å²) in [5.41, 5.74) is 0.506. The summed E-state index contributed by atoms with van der Waals surface area (Å²) in [4.78, 5) is 10.8. The van der Waals surface area contributed by atoms with Crippen LogP contribution in [0.3, 0.4) is 0 Å². The standard InChI is InChI=1S/C20H26F3N5OS/c1-2-24-19(27-16-7-10-28(11-8-16)17-6-4-12-30-17)26-13-15-5-3-9-25-18(15)29-14-20(21,22)23/h3-6,9,12,16H,2,7-8,10-11,13-14H2,1H3,(H2,24,26,27). The predicted molar refractivity (Wildman–Crippen MR) is 113 cm³/mol. The number of ether oxygens (including phenoxy) is 1. The predicted octanol–water partition coefficient (Wildman–Crippen LogP) is 3.81. The molecule has 1 aliphatic heterocycles. The van der Waals surface area contributed by atoms with Gasteiger partial charge in [0.25, 0.3) is 0 Å². The number of rotatable bonds is 7. The lowest BCUT2D eigenvalue weighted by molar-refractivity contribution is -0.154. The first kappa shape index (κ1) is 22.2. The Balaban J connectivity index is 1.57. The first-order valence-electron chi connectivity index (χ1n) is 9.91. The van der Waals surface area contributed by atoms with Gasteiger partial charge >= 0.3 is 6.18 Å². The molecular weight excluding hydrogens is 415 g/mol. The Kier molecular flexibility index (Phi) is 7.78. The normalized spacial score (nSPS) is 15.9. The summed E-state index contributed by atoms with van der Waals surface area (Å²) in [5, 5.41) is 10.0. The number of alkyl halides is 3. The first-order valence-corrected chi connectivity index (χ1v) is 10.8. The van der Waals surface area contributed by atoms with Crippen molar-refractivity contribution in [2.24, 2.45) is 4.99 Å². The fourth-order valence-electron chi connectivity index (χ4n) is 3.20. The summed E-state index contributed by atoms with van der Waals surface area (Å²) in [5.74, 6) is 0.594. The number of guanidine groups is 1. The largest absolute Gasteiger partial charge is 0.468 e. The Morgan fingerprint density at radius 3 is 2.77 bits per heavy atom. The van der Waals surface area contributed by atoms with Gasteiger partial charge in [-0.1, -0.05) is 6.07 Å². The van der Waals surface area contributed by atoms with Gasteiger partial charge in [-0.25, -0.2) is 9.98 Å². The summed E-state index contributed by atoms with van der Waals surface area (Å²) in [6.45, 7) is 3.39. The van der Waals surface area contributed by atoms with Crippen LogP contribution in [0.5, 0.6) is 5.88 Å². The highest BCUT2D eigenvalue weighted by atomic mass is 32.1. The molecule has 10 heteroatoms. The topological polar surface area (TPSA) is 61.8 Å². The third kappa shape index (κ3) is 6.79. The van der Waals surface area contributed by atoms with Crippen molar-refractivity contribution in [3.05, 3.63) is 41.4 Å². The molecule has 0 spiro atoms. The van der Waals surface area contributed by atoms with Crippen LogP contribution in [0.2, 0.25) is 0 Å². The van der Waals surface area contributed by atoms with Gasteiger partial charge in [0.15, 0.2) is 12.6 Å². The lowest BCUT2D eigenvalue weighted by Crippen LogP contribution is -2.48. The second-order valence-corrected chi connectivity index (χ2v) is 7.85. The van der Waals surface area contributed by atoms with Crippen LogP contribution in [0.1, 0.15) is 25.3 Å². The molecular formula is C20H26F3N5OS. The average Bonchev–Trinajstić information content (AvgIpc) is 3.26. The minimum atomic E-state index is -4.41. The molecule has 164 valence electrons. The molecule has 0 aliphatic carbocycles. The molecule has 1 saturated heterocycles. The monoisotopic (exact) mass is 441 g/mol. The number of nitrogens with zero attached hydrogens (tertiary/aromatic N) is 3. The van der Waals surface area contributed by atoms with E-state index in [0.29, 0.717) is 18.1 Å². The van der Waals surface area contributed by atoms with Gasteiger partial charge in [-0.15, -0.1) is 11.3 Å². The molecule has 2 aromatic heterocycles. The highest BCUT2D eigenvalue weighted by molar-refractivity contribution is 7.14. The summed E-state index contributed by atoms with van der Waals surface area (Å²) in [6, 6.07) is 7.81. The van der Waals surface area contributed by atoms with Crippen molar-refractivity contribution in [2.75, 3.05) is 31.1 Å². The van der Waals surface area contributed by atoms with Crippen LogP contribution in [-0.4, -0.2) is 49.4 Å². The number of pyridine rings is 1. The maximum absolute atomic E-state index is 12.5. The van der Waals surface area contributed by atoms with Crippen LogP contribution in [0.25, 0.3) is 0 Å². The van der Waals surface area contributed by atoms with Crippen LogP contribution in [0.4, 0.5) is 18.2 Å². The molecule has 0 amide bonds. The zero-order valence-electron chi connectivity index (χ0n) is 16.8. The van der Waals surface area contributed by atoms with Crippen molar-refractivity contribution < 1.29 is 17.9 Å². The minimum Gasteiger partial charge on any atom is -0.468 e. The number of hydrogen-bond donors (Lipinski definition) is 2. The van der Waals surface area contributed by atoms with Gasteiger partial charge in [-0.2, -0.15) is 13.2 Å². The molecule has 0 atom stereocenters. The lowest BCUT2D eigenvalue weighted by Gasteiger charge is -2.33. The molecule has 6 nitrogen and oxygen atoms in total. The quantitative estimate of drug-likeness (QED) is 0.506. The smallest absolute Gasteiger partial charge is 0.422 e. The van der Waals surface area contributed by atoms with E-state index in [1.54, 1.807) is 23.5 Å². The highest BCUT2D eigenvalue weighted by Crippen LogP contribution is 2.25. The van der Waals surface area contributed by atoms with Crippen molar-refractivity contribution in [1.82, 2.24) is 15.6 Å². The van der Waals surface area contributed by atoms with E-state index >= 15 is 0 Å². The Morgan fingerprint density at radius 2 is 2.10 bits per heavy atom. The number of aromatic nitrogens is 1. The van der Waals surface area contributed by atoms with Crippen molar-refractivity contribution in [3.8, 4) is 5.88 Å².